The number of halogens is 1. The van der Waals surface area contributed by atoms with Crippen LogP contribution in [0.2, 0.25) is 5.02 Å². The number of hydrogen-bond acceptors (Lipinski definition) is 8. The molecule has 1 aromatic heterocycles. The second kappa shape index (κ2) is 12.0. The molecular formula is C27H39ClN6O2. The van der Waals surface area contributed by atoms with E-state index in [9.17, 15) is 9.90 Å². The Morgan fingerprint density at radius 2 is 1.89 bits per heavy atom. The summed E-state index contributed by atoms with van der Waals surface area (Å²) >= 11 is 6.15. The van der Waals surface area contributed by atoms with Crippen molar-refractivity contribution in [2.75, 3.05) is 51.2 Å². The van der Waals surface area contributed by atoms with Gasteiger partial charge in [0.05, 0.1) is 23.9 Å². The van der Waals surface area contributed by atoms with Gasteiger partial charge in [-0.1, -0.05) is 30.7 Å². The van der Waals surface area contributed by atoms with Crippen LogP contribution in [-0.4, -0.2) is 89.7 Å². The highest BCUT2D eigenvalue weighted by Crippen LogP contribution is 2.43. The molecule has 1 fully saturated rings. The highest BCUT2D eigenvalue weighted by molar-refractivity contribution is 6.30. The van der Waals surface area contributed by atoms with Crippen LogP contribution < -0.4 is 10.2 Å². The lowest BCUT2D eigenvalue weighted by molar-refractivity contribution is -0.113. The van der Waals surface area contributed by atoms with Crippen LogP contribution in [0.15, 0.2) is 30.6 Å². The van der Waals surface area contributed by atoms with Crippen LogP contribution in [0.3, 0.4) is 0 Å². The molecule has 2 aromatic rings. The van der Waals surface area contributed by atoms with Crippen LogP contribution in [-0.2, 0) is 4.79 Å². The van der Waals surface area contributed by atoms with Crippen LogP contribution in [0.1, 0.15) is 62.0 Å². The molecule has 4 rings (SSSR count). The molecule has 2 aliphatic rings. The second-order valence-corrected chi connectivity index (χ2v) is 10.7. The predicted molar refractivity (Wildman–Crippen MR) is 144 cm³/mol. The number of rotatable bonds is 10. The number of aromatic nitrogens is 2. The predicted octanol–water partition coefficient (Wildman–Crippen LogP) is 3.03. The minimum Gasteiger partial charge on any atom is -0.387 e. The Morgan fingerprint density at radius 3 is 2.50 bits per heavy atom. The third-order valence-electron chi connectivity index (χ3n) is 7.61. The molecule has 0 saturated carbocycles. The number of anilines is 1. The van der Waals surface area contributed by atoms with E-state index in [4.69, 9.17) is 11.6 Å². The number of fused-ring (bicyclic) bond motifs is 1. The van der Waals surface area contributed by atoms with Gasteiger partial charge in [-0.15, -0.1) is 0 Å². The molecule has 2 N–H and O–H groups in total. The van der Waals surface area contributed by atoms with Gasteiger partial charge in [0.1, 0.15) is 18.4 Å². The van der Waals surface area contributed by atoms with Crippen molar-refractivity contribution in [3.05, 3.63) is 52.4 Å². The molecule has 196 valence electrons. The Bertz CT molecular complexity index is 1010. The Balaban J connectivity index is 1.60. The lowest BCUT2D eigenvalue weighted by Crippen LogP contribution is -2.60. The zero-order chi connectivity index (χ0) is 25.8. The summed E-state index contributed by atoms with van der Waals surface area (Å²) in [6.45, 7) is 11.4. The number of piperazine rings is 1. The summed E-state index contributed by atoms with van der Waals surface area (Å²) in [5, 5.41) is 14.4. The minimum absolute atomic E-state index is 0.0731. The number of aliphatic hydroxyl groups is 1. The van der Waals surface area contributed by atoms with E-state index in [1.165, 1.54) is 0 Å². The van der Waals surface area contributed by atoms with E-state index in [0.29, 0.717) is 11.4 Å². The lowest BCUT2D eigenvalue weighted by Gasteiger charge is -2.48. The highest BCUT2D eigenvalue weighted by Gasteiger charge is 2.38. The van der Waals surface area contributed by atoms with Crippen molar-refractivity contribution in [2.24, 2.45) is 0 Å². The summed E-state index contributed by atoms with van der Waals surface area (Å²) in [5.41, 5.74) is 2.84. The average molecular weight is 515 g/mol. The highest BCUT2D eigenvalue weighted by atomic mass is 35.5. The van der Waals surface area contributed by atoms with Gasteiger partial charge in [-0.25, -0.2) is 9.97 Å². The number of carbonyl (C=O) groups excluding carboxylic acids is 1. The molecule has 1 saturated heterocycles. The molecule has 4 atom stereocenters. The standard InChI is InChI=1S/C27H39ClN6O2/c1-18(2)34(10-9-29-4)27(22(16-35)20-5-7-21(28)8-6-20)33-13-11-32(12-14-33)26-24-19(3)15-23(36)25(24)30-17-31-26/h5-8,16-19,22-23,27,29,36H,9-15H2,1-4H3/t19-,22?,23-,27?/m1/s1. The van der Waals surface area contributed by atoms with E-state index in [-0.39, 0.29) is 24.0 Å². The van der Waals surface area contributed by atoms with Crippen molar-refractivity contribution in [3.8, 4) is 0 Å². The quantitative estimate of drug-likeness (QED) is 0.468. The van der Waals surface area contributed by atoms with E-state index in [2.05, 4.69) is 50.8 Å². The van der Waals surface area contributed by atoms with Crippen molar-refractivity contribution in [1.82, 2.24) is 25.1 Å². The second-order valence-electron chi connectivity index (χ2n) is 10.2. The fraction of sp³-hybridized carbons (Fsp3) is 0.593. The number of benzene rings is 1. The van der Waals surface area contributed by atoms with Crippen LogP contribution >= 0.6 is 11.6 Å². The molecule has 2 unspecified atom stereocenters. The van der Waals surface area contributed by atoms with Crippen molar-refractivity contribution in [3.63, 3.8) is 0 Å². The molecule has 36 heavy (non-hydrogen) atoms. The zero-order valence-electron chi connectivity index (χ0n) is 21.8. The van der Waals surface area contributed by atoms with Crippen molar-refractivity contribution >= 4 is 23.7 Å². The summed E-state index contributed by atoms with van der Waals surface area (Å²) in [4.78, 5) is 28.8. The Hall–Kier alpha value is -2.10. The average Bonchev–Trinajstić information content (AvgIpc) is 3.18. The van der Waals surface area contributed by atoms with Gasteiger partial charge in [-0.05, 0) is 50.9 Å². The molecule has 0 spiro atoms. The number of aliphatic hydroxyl groups excluding tert-OH is 1. The maximum atomic E-state index is 12.6. The topological polar surface area (TPSA) is 84.8 Å². The number of nitrogens with one attached hydrogen (secondary N) is 1. The third kappa shape index (κ3) is 5.58. The van der Waals surface area contributed by atoms with Crippen molar-refractivity contribution in [2.45, 2.75) is 57.3 Å². The maximum Gasteiger partial charge on any atom is 0.135 e. The van der Waals surface area contributed by atoms with E-state index in [1.807, 2.05) is 31.3 Å². The molecule has 1 aliphatic carbocycles. The lowest BCUT2D eigenvalue weighted by atomic mass is 9.94. The van der Waals surface area contributed by atoms with Gasteiger partial charge in [0, 0.05) is 55.9 Å². The number of hydrogen-bond donors (Lipinski definition) is 2. The minimum atomic E-state index is -0.512. The van der Waals surface area contributed by atoms with E-state index < -0.39 is 6.10 Å². The fourth-order valence-electron chi connectivity index (χ4n) is 5.74. The van der Waals surface area contributed by atoms with Crippen molar-refractivity contribution in [1.29, 1.82) is 0 Å². The summed E-state index contributed by atoms with van der Waals surface area (Å²) in [5.74, 6) is 0.881. The largest absolute Gasteiger partial charge is 0.387 e. The van der Waals surface area contributed by atoms with Crippen LogP contribution in [0.4, 0.5) is 5.82 Å². The summed E-state index contributed by atoms with van der Waals surface area (Å²) < 4.78 is 0. The Morgan fingerprint density at radius 1 is 1.19 bits per heavy atom. The molecule has 8 nitrogen and oxygen atoms in total. The number of likely N-dealkylation sites (N-methyl/N-ethyl adjacent to an activating group) is 1. The first-order valence-electron chi connectivity index (χ1n) is 13.0. The van der Waals surface area contributed by atoms with Gasteiger partial charge >= 0.3 is 0 Å². The van der Waals surface area contributed by atoms with Gasteiger partial charge in [0.15, 0.2) is 0 Å². The number of nitrogens with zero attached hydrogens (tertiary/aromatic N) is 5. The van der Waals surface area contributed by atoms with Gasteiger partial charge in [-0.3, -0.25) is 9.80 Å². The van der Waals surface area contributed by atoms with E-state index in [1.54, 1.807) is 6.33 Å². The first-order valence-corrected chi connectivity index (χ1v) is 13.4. The van der Waals surface area contributed by atoms with Gasteiger partial charge in [-0.2, -0.15) is 0 Å². The van der Waals surface area contributed by atoms with Crippen molar-refractivity contribution < 1.29 is 9.90 Å². The SMILES string of the molecule is CNCCN(C(C)C)C(C(C=O)c1ccc(Cl)cc1)N1CCN(c2ncnc3c2[C@H](C)C[C@H]3O)CC1. The molecule has 1 aliphatic heterocycles. The molecule has 2 heterocycles. The summed E-state index contributed by atoms with van der Waals surface area (Å²) in [7, 11) is 1.96. The normalized spacial score (nSPS) is 22.2. The Kier molecular flexibility index (Phi) is 8.96. The number of aldehydes is 1. The van der Waals surface area contributed by atoms with Gasteiger partial charge in [0.2, 0.25) is 0 Å². The van der Waals surface area contributed by atoms with E-state index >= 15 is 0 Å². The van der Waals surface area contributed by atoms with E-state index in [0.717, 1.165) is 68.2 Å². The maximum absolute atomic E-state index is 12.6. The molecule has 1 aromatic carbocycles. The molecule has 9 heteroatoms. The van der Waals surface area contributed by atoms with Gasteiger partial charge < -0.3 is 20.1 Å². The Labute approximate surface area is 219 Å². The molecule has 0 bridgehead atoms. The van der Waals surface area contributed by atoms with Gasteiger partial charge in [0.25, 0.3) is 0 Å². The third-order valence-corrected chi connectivity index (χ3v) is 7.86. The van der Waals surface area contributed by atoms with Crippen LogP contribution in [0, 0.1) is 0 Å². The monoisotopic (exact) mass is 514 g/mol. The summed E-state index contributed by atoms with van der Waals surface area (Å²) in [6, 6.07) is 7.93. The number of carbonyl (C=O) groups is 1. The van der Waals surface area contributed by atoms with Crippen LogP contribution in [0.25, 0.3) is 0 Å². The zero-order valence-corrected chi connectivity index (χ0v) is 22.5. The molecule has 0 radical (unpaired) electrons. The smallest absolute Gasteiger partial charge is 0.135 e. The first kappa shape index (κ1) is 26.9. The fourth-order valence-corrected chi connectivity index (χ4v) is 5.86. The summed E-state index contributed by atoms with van der Waals surface area (Å²) in [6.07, 6.45) is 2.78. The molecular weight excluding hydrogens is 476 g/mol. The first-order chi connectivity index (χ1) is 17.3. The van der Waals surface area contributed by atoms with Crippen LogP contribution in [0.5, 0.6) is 0 Å². The molecule has 0 amide bonds.